The molecular formula is C15H25N3. The minimum absolute atomic E-state index is 1.11. The van der Waals surface area contributed by atoms with Gasteiger partial charge in [0.1, 0.15) is 0 Å². The summed E-state index contributed by atoms with van der Waals surface area (Å²) >= 11 is 0. The van der Waals surface area contributed by atoms with Crippen LogP contribution in [-0.4, -0.2) is 39.3 Å². The van der Waals surface area contributed by atoms with Crippen LogP contribution in [0.4, 0.5) is 5.69 Å². The molecule has 2 N–H and O–H groups in total. The highest BCUT2D eigenvalue weighted by atomic mass is 15.2. The van der Waals surface area contributed by atoms with Crippen LogP contribution in [0, 0.1) is 0 Å². The van der Waals surface area contributed by atoms with E-state index in [1.165, 1.54) is 38.0 Å². The van der Waals surface area contributed by atoms with E-state index in [1.807, 2.05) is 0 Å². The molecule has 2 aliphatic heterocycles. The van der Waals surface area contributed by atoms with Gasteiger partial charge < -0.3 is 15.5 Å². The Morgan fingerprint density at radius 3 is 1.83 bits per heavy atom. The molecule has 18 heavy (non-hydrogen) atoms. The first-order chi connectivity index (χ1) is 8.97. The third kappa shape index (κ3) is 4.67. The quantitative estimate of drug-likeness (QED) is 0.793. The summed E-state index contributed by atoms with van der Waals surface area (Å²) in [4.78, 5) is 2.41. The van der Waals surface area contributed by atoms with Crippen molar-refractivity contribution in [2.75, 3.05) is 44.2 Å². The number of hydrogen-bond donors (Lipinski definition) is 2. The van der Waals surface area contributed by atoms with Crippen molar-refractivity contribution in [2.45, 2.75) is 19.3 Å². The minimum Gasteiger partial charge on any atom is -0.369 e. The molecule has 0 unspecified atom stereocenters. The highest BCUT2D eigenvalue weighted by Gasteiger charge is 2.08. The molecule has 1 aromatic carbocycles. The Labute approximate surface area is 111 Å². The van der Waals surface area contributed by atoms with E-state index in [0.29, 0.717) is 0 Å². The van der Waals surface area contributed by atoms with Crippen LogP contribution in [0.5, 0.6) is 0 Å². The topological polar surface area (TPSA) is 27.3 Å². The first kappa shape index (κ1) is 13.4. The molecule has 2 fully saturated rings. The van der Waals surface area contributed by atoms with Crippen LogP contribution < -0.4 is 15.5 Å². The number of nitrogens with zero attached hydrogens (tertiary/aromatic N) is 1. The summed E-state index contributed by atoms with van der Waals surface area (Å²) < 4.78 is 0. The lowest BCUT2D eigenvalue weighted by molar-refractivity contribution is 0.520. The average molecular weight is 247 g/mol. The summed E-state index contributed by atoms with van der Waals surface area (Å²) in [6.07, 6.45) is 4.22. The summed E-state index contributed by atoms with van der Waals surface area (Å²) in [6.45, 7) is 6.97. The maximum atomic E-state index is 3.34. The first-order valence-electron chi connectivity index (χ1n) is 7.18. The van der Waals surface area contributed by atoms with Gasteiger partial charge in [-0.05, 0) is 38.1 Å². The summed E-state index contributed by atoms with van der Waals surface area (Å²) in [7, 11) is 0. The van der Waals surface area contributed by atoms with Crippen LogP contribution in [0.15, 0.2) is 30.3 Å². The van der Waals surface area contributed by atoms with Gasteiger partial charge in [0.05, 0.1) is 0 Å². The standard InChI is InChI=1S/C10H14N2.C5H11N/c1-2-4-10(5-3-1)12-8-6-11-7-9-12;1-2-4-6-5-3-1/h1-5,11H,6-9H2;6H,1-5H2. The van der Waals surface area contributed by atoms with Crippen molar-refractivity contribution < 1.29 is 0 Å². The molecule has 0 radical (unpaired) electrons. The lowest BCUT2D eigenvalue weighted by atomic mass is 10.2. The van der Waals surface area contributed by atoms with Crippen molar-refractivity contribution in [1.29, 1.82) is 0 Å². The molecule has 2 aliphatic rings. The van der Waals surface area contributed by atoms with E-state index < -0.39 is 0 Å². The van der Waals surface area contributed by atoms with Crippen LogP contribution in [0.3, 0.4) is 0 Å². The van der Waals surface area contributed by atoms with Gasteiger partial charge in [-0.2, -0.15) is 0 Å². The maximum absolute atomic E-state index is 3.34. The van der Waals surface area contributed by atoms with Gasteiger partial charge in [0, 0.05) is 31.9 Å². The molecule has 0 saturated carbocycles. The molecule has 0 amide bonds. The van der Waals surface area contributed by atoms with E-state index in [1.54, 1.807) is 0 Å². The van der Waals surface area contributed by atoms with Gasteiger partial charge in [0.25, 0.3) is 0 Å². The van der Waals surface area contributed by atoms with Crippen molar-refractivity contribution in [3.8, 4) is 0 Å². The Hall–Kier alpha value is -1.06. The van der Waals surface area contributed by atoms with Crippen molar-refractivity contribution in [3.63, 3.8) is 0 Å². The van der Waals surface area contributed by atoms with Gasteiger partial charge in [0.15, 0.2) is 0 Å². The van der Waals surface area contributed by atoms with Crippen molar-refractivity contribution in [3.05, 3.63) is 30.3 Å². The van der Waals surface area contributed by atoms with Crippen molar-refractivity contribution >= 4 is 5.69 Å². The number of para-hydroxylation sites is 1. The number of rotatable bonds is 1. The number of anilines is 1. The smallest absolute Gasteiger partial charge is 0.0367 e. The predicted octanol–water partition coefficient (Wildman–Crippen LogP) is 1.86. The molecule has 3 rings (SSSR count). The van der Waals surface area contributed by atoms with Gasteiger partial charge in [-0.3, -0.25) is 0 Å². The van der Waals surface area contributed by atoms with E-state index in [9.17, 15) is 0 Å². The first-order valence-corrected chi connectivity index (χ1v) is 7.18. The van der Waals surface area contributed by atoms with Crippen LogP contribution >= 0.6 is 0 Å². The third-order valence-electron chi connectivity index (χ3n) is 3.45. The van der Waals surface area contributed by atoms with E-state index in [2.05, 4.69) is 45.9 Å². The molecule has 3 heteroatoms. The monoisotopic (exact) mass is 247 g/mol. The predicted molar refractivity (Wildman–Crippen MR) is 78.2 cm³/mol. The Morgan fingerprint density at radius 2 is 1.33 bits per heavy atom. The van der Waals surface area contributed by atoms with Gasteiger partial charge >= 0.3 is 0 Å². The highest BCUT2D eigenvalue weighted by molar-refractivity contribution is 5.46. The van der Waals surface area contributed by atoms with E-state index in [-0.39, 0.29) is 0 Å². The third-order valence-corrected chi connectivity index (χ3v) is 3.45. The van der Waals surface area contributed by atoms with Crippen LogP contribution in [0.2, 0.25) is 0 Å². The lowest BCUT2D eigenvalue weighted by Crippen LogP contribution is -2.43. The van der Waals surface area contributed by atoms with E-state index >= 15 is 0 Å². The lowest BCUT2D eigenvalue weighted by Gasteiger charge is -2.29. The normalized spacial score (nSPS) is 19.9. The Balaban J connectivity index is 0.000000169. The average Bonchev–Trinajstić information content (AvgIpc) is 2.51. The number of nitrogens with one attached hydrogen (secondary N) is 2. The summed E-state index contributed by atoms with van der Waals surface area (Å²) in [6, 6.07) is 10.6. The second kappa shape index (κ2) is 8.11. The SMILES string of the molecule is C1CCNCC1.c1ccc(N2CCNCC2)cc1. The van der Waals surface area contributed by atoms with Gasteiger partial charge in [-0.15, -0.1) is 0 Å². The molecule has 0 bridgehead atoms. The second-order valence-corrected chi connectivity index (χ2v) is 4.88. The highest BCUT2D eigenvalue weighted by Crippen LogP contribution is 2.12. The zero-order valence-corrected chi connectivity index (χ0v) is 11.2. The Bertz CT molecular complexity index is 291. The largest absolute Gasteiger partial charge is 0.369 e. The maximum Gasteiger partial charge on any atom is 0.0367 e. The van der Waals surface area contributed by atoms with E-state index in [4.69, 9.17) is 0 Å². The summed E-state index contributed by atoms with van der Waals surface area (Å²) in [5.41, 5.74) is 1.35. The molecule has 100 valence electrons. The Morgan fingerprint density at radius 1 is 0.722 bits per heavy atom. The molecule has 0 aliphatic carbocycles. The van der Waals surface area contributed by atoms with E-state index in [0.717, 1.165) is 26.2 Å². The fourth-order valence-electron chi connectivity index (χ4n) is 2.36. The molecule has 0 spiro atoms. The molecule has 1 aromatic rings. The molecule has 0 aromatic heterocycles. The van der Waals surface area contributed by atoms with Crippen LogP contribution in [0.1, 0.15) is 19.3 Å². The van der Waals surface area contributed by atoms with Gasteiger partial charge in [-0.25, -0.2) is 0 Å². The fourth-order valence-corrected chi connectivity index (χ4v) is 2.36. The molecular weight excluding hydrogens is 222 g/mol. The number of benzene rings is 1. The molecule has 2 saturated heterocycles. The Kier molecular flexibility index (Phi) is 6.03. The summed E-state index contributed by atoms with van der Waals surface area (Å²) in [5, 5.41) is 6.63. The van der Waals surface area contributed by atoms with Gasteiger partial charge in [-0.1, -0.05) is 24.6 Å². The molecule has 3 nitrogen and oxygen atoms in total. The van der Waals surface area contributed by atoms with Crippen LogP contribution in [-0.2, 0) is 0 Å². The fraction of sp³-hybridized carbons (Fsp3) is 0.600. The second-order valence-electron chi connectivity index (χ2n) is 4.88. The molecule has 0 atom stereocenters. The van der Waals surface area contributed by atoms with Crippen molar-refractivity contribution in [2.24, 2.45) is 0 Å². The van der Waals surface area contributed by atoms with Gasteiger partial charge in [0.2, 0.25) is 0 Å². The number of hydrogen-bond acceptors (Lipinski definition) is 3. The van der Waals surface area contributed by atoms with Crippen LogP contribution in [0.25, 0.3) is 0 Å². The minimum atomic E-state index is 1.11. The zero-order chi connectivity index (χ0) is 12.5. The number of piperidine rings is 1. The number of piperazine rings is 1. The summed E-state index contributed by atoms with van der Waals surface area (Å²) in [5.74, 6) is 0. The zero-order valence-electron chi connectivity index (χ0n) is 11.2. The van der Waals surface area contributed by atoms with Crippen molar-refractivity contribution in [1.82, 2.24) is 10.6 Å². The molecule has 2 heterocycles.